The van der Waals surface area contributed by atoms with Crippen LogP contribution in [0.25, 0.3) is 0 Å². The van der Waals surface area contributed by atoms with Crippen molar-refractivity contribution in [3.8, 4) is 17.2 Å². The number of hydrogen-bond donors (Lipinski definition) is 4. The van der Waals surface area contributed by atoms with Gasteiger partial charge in [-0.25, -0.2) is 19.8 Å². The first-order valence-corrected chi connectivity index (χ1v) is 15.9. The van der Waals surface area contributed by atoms with Gasteiger partial charge >= 0.3 is 18.0 Å². The third-order valence-corrected chi connectivity index (χ3v) is 8.04. The van der Waals surface area contributed by atoms with Gasteiger partial charge < -0.3 is 34.7 Å². The summed E-state index contributed by atoms with van der Waals surface area (Å²) in [5.41, 5.74) is 5.30. The fraction of sp³-hybridized carbons (Fsp3) is 0.219. The number of allylic oxidation sites excluding steroid dienone is 1. The highest BCUT2D eigenvalue weighted by atomic mass is 127. The number of methoxy groups -OCH3 is 1. The number of aromatic carboxylic acids is 1. The summed E-state index contributed by atoms with van der Waals surface area (Å²) in [7, 11) is 1.43. The maximum atomic E-state index is 12.6. The molecule has 0 saturated heterocycles. The molecular weight excluding hydrogens is 791 g/mol. The Kier molecular flexibility index (Phi) is 12.2. The number of carbonyl (C=O) groups is 4. The Bertz CT molecular complexity index is 1720. The monoisotopic (exact) mass is 820 g/mol. The number of hydrazone groups is 1. The molecule has 0 spiro atoms. The highest BCUT2D eigenvalue weighted by Gasteiger charge is 2.32. The van der Waals surface area contributed by atoms with E-state index >= 15 is 0 Å². The van der Waals surface area contributed by atoms with Gasteiger partial charge in [-0.05, 0) is 105 Å². The summed E-state index contributed by atoms with van der Waals surface area (Å²) >= 11 is 5.63. The molecule has 1 aliphatic heterocycles. The average Bonchev–Trinajstić information content (AvgIpc) is 3.03. The SMILES string of the molecule is CCOC(=O)C1=C(C)NC(=O)N[C@H]1c1ccc(OCC(=O)N/N=C\c2cc(Br)c(OCc3ccc(C(=O)O)cc3)c(I)c2)c(OC)c1. The normalized spacial score (nSPS) is 14.2. The van der Waals surface area contributed by atoms with Gasteiger partial charge in [-0.15, -0.1) is 0 Å². The molecule has 0 aromatic heterocycles. The standard InChI is InChI=1S/C32H30BrIN4O9/c1-4-45-31(42)27-17(2)36-32(43)37-28(27)21-9-10-24(25(13-21)44-3)46-16-26(39)38-35-14-19-11-22(33)29(23(34)12-19)47-15-18-5-7-20(8-6-18)30(40)41/h5-14,28H,4,15-16H2,1-3H3,(H,38,39)(H,40,41)(H2,36,37,43)/b35-14-/t28-/m0/s1. The van der Waals surface area contributed by atoms with Crippen molar-refractivity contribution in [1.29, 1.82) is 0 Å². The smallest absolute Gasteiger partial charge is 0.338 e. The lowest BCUT2D eigenvalue weighted by Gasteiger charge is -2.28. The average molecular weight is 821 g/mol. The van der Waals surface area contributed by atoms with Crippen LogP contribution in [0.5, 0.6) is 17.2 Å². The predicted octanol–water partition coefficient (Wildman–Crippen LogP) is 5.06. The van der Waals surface area contributed by atoms with E-state index in [4.69, 9.17) is 24.1 Å². The van der Waals surface area contributed by atoms with Crippen LogP contribution < -0.4 is 30.3 Å². The molecule has 15 heteroatoms. The number of rotatable bonds is 13. The summed E-state index contributed by atoms with van der Waals surface area (Å²) in [4.78, 5) is 48.3. The highest BCUT2D eigenvalue weighted by Crippen LogP contribution is 2.35. The highest BCUT2D eigenvalue weighted by molar-refractivity contribution is 14.1. The van der Waals surface area contributed by atoms with E-state index in [1.807, 2.05) is 6.07 Å². The van der Waals surface area contributed by atoms with E-state index < -0.39 is 29.9 Å². The number of nitrogens with zero attached hydrogens (tertiary/aromatic N) is 1. The first-order chi connectivity index (χ1) is 22.5. The Morgan fingerprint density at radius 1 is 1.09 bits per heavy atom. The van der Waals surface area contributed by atoms with Gasteiger partial charge in [0.1, 0.15) is 12.4 Å². The molecule has 3 aromatic rings. The predicted molar refractivity (Wildman–Crippen MR) is 183 cm³/mol. The molecule has 3 amide bonds. The van der Waals surface area contributed by atoms with Crippen LogP contribution in [0.4, 0.5) is 4.79 Å². The van der Waals surface area contributed by atoms with Crippen LogP contribution in [0.15, 0.2) is 75.4 Å². The molecule has 13 nitrogen and oxygen atoms in total. The summed E-state index contributed by atoms with van der Waals surface area (Å²) < 4.78 is 23.7. The van der Waals surface area contributed by atoms with Gasteiger partial charge in [-0.3, -0.25) is 4.79 Å². The molecule has 1 heterocycles. The number of halogens is 2. The van der Waals surface area contributed by atoms with E-state index in [-0.39, 0.29) is 42.5 Å². The molecule has 3 aromatic carbocycles. The third-order valence-electron chi connectivity index (χ3n) is 6.65. The zero-order valence-electron chi connectivity index (χ0n) is 25.4. The van der Waals surface area contributed by atoms with Crippen molar-refractivity contribution >= 4 is 68.6 Å². The van der Waals surface area contributed by atoms with Crippen molar-refractivity contribution in [2.24, 2.45) is 5.10 Å². The van der Waals surface area contributed by atoms with Crippen molar-refractivity contribution in [1.82, 2.24) is 16.1 Å². The lowest BCUT2D eigenvalue weighted by atomic mass is 9.95. The molecular formula is C32H30BrIN4O9. The second-order valence-corrected chi connectivity index (χ2v) is 11.9. The molecule has 0 fully saturated rings. The second kappa shape index (κ2) is 16.3. The van der Waals surface area contributed by atoms with Crippen LogP contribution >= 0.6 is 38.5 Å². The number of benzene rings is 3. The molecule has 0 unspecified atom stereocenters. The minimum absolute atomic E-state index is 0.173. The minimum Gasteiger partial charge on any atom is -0.493 e. The van der Waals surface area contributed by atoms with Crippen LogP contribution in [0.2, 0.25) is 0 Å². The molecule has 47 heavy (non-hydrogen) atoms. The van der Waals surface area contributed by atoms with Gasteiger partial charge in [0.15, 0.2) is 18.1 Å². The fourth-order valence-electron chi connectivity index (χ4n) is 4.45. The molecule has 0 bridgehead atoms. The van der Waals surface area contributed by atoms with Crippen molar-refractivity contribution in [2.75, 3.05) is 20.3 Å². The van der Waals surface area contributed by atoms with Crippen molar-refractivity contribution < 1.29 is 43.2 Å². The van der Waals surface area contributed by atoms with E-state index in [9.17, 15) is 19.2 Å². The summed E-state index contributed by atoms with van der Waals surface area (Å²) in [5.74, 6) is -0.926. The summed E-state index contributed by atoms with van der Waals surface area (Å²) in [6.45, 7) is 3.35. The lowest BCUT2D eigenvalue weighted by Crippen LogP contribution is -2.45. The van der Waals surface area contributed by atoms with Gasteiger partial charge in [0, 0.05) is 5.70 Å². The van der Waals surface area contributed by atoms with E-state index in [0.717, 1.165) is 9.13 Å². The Hall–Kier alpha value is -4.64. The summed E-state index contributed by atoms with van der Waals surface area (Å²) in [6, 6.07) is 13.6. The second-order valence-electron chi connectivity index (χ2n) is 9.89. The number of carbonyl (C=O) groups excluding carboxylic acids is 3. The number of hydrogen-bond acceptors (Lipinski definition) is 9. The van der Waals surface area contributed by atoms with Gasteiger partial charge in [-0.1, -0.05) is 18.2 Å². The number of urea groups is 1. The summed E-state index contributed by atoms with van der Waals surface area (Å²) in [5, 5.41) is 18.4. The number of carboxylic acid groups (broad SMARTS) is 1. The topological polar surface area (TPSA) is 174 Å². The molecule has 0 aliphatic carbocycles. The van der Waals surface area contributed by atoms with Crippen molar-refractivity contribution in [2.45, 2.75) is 26.5 Å². The number of ether oxygens (including phenoxy) is 4. The van der Waals surface area contributed by atoms with E-state index in [1.54, 1.807) is 50.2 Å². The van der Waals surface area contributed by atoms with Gasteiger partial charge in [0.05, 0.1) is 45.2 Å². The van der Waals surface area contributed by atoms with Crippen LogP contribution in [-0.2, 0) is 20.9 Å². The largest absolute Gasteiger partial charge is 0.493 e. The van der Waals surface area contributed by atoms with Crippen molar-refractivity contribution in [3.05, 3.63) is 96.2 Å². The van der Waals surface area contributed by atoms with Crippen LogP contribution in [0, 0.1) is 3.57 Å². The fourth-order valence-corrected chi connectivity index (χ4v) is 6.22. The van der Waals surface area contributed by atoms with Gasteiger partial charge in [0.2, 0.25) is 0 Å². The maximum Gasteiger partial charge on any atom is 0.338 e. The molecule has 1 atom stereocenters. The van der Waals surface area contributed by atoms with Gasteiger partial charge in [0.25, 0.3) is 5.91 Å². The molecule has 246 valence electrons. The van der Waals surface area contributed by atoms with Crippen molar-refractivity contribution in [3.63, 3.8) is 0 Å². The summed E-state index contributed by atoms with van der Waals surface area (Å²) in [6.07, 6.45) is 1.47. The Morgan fingerprint density at radius 3 is 2.49 bits per heavy atom. The number of amides is 3. The first kappa shape index (κ1) is 35.2. The Balaban J connectivity index is 1.34. The number of esters is 1. The van der Waals surface area contributed by atoms with Gasteiger partial charge in [-0.2, -0.15) is 5.10 Å². The molecule has 0 radical (unpaired) electrons. The van der Waals surface area contributed by atoms with E-state index in [1.165, 1.54) is 25.5 Å². The molecule has 4 rings (SSSR count). The Labute approximate surface area is 291 Å². The van der Waals surface area contributed by atoms with Crippen LogP contribution in [0.1, 0.15) is 46.9 Å². The number of carboxylic acids is 1. The van der Waals surface area contributed by atoms with Crippen LogP contribution in [-0.4, -0.2) is 55.5 Å². The quantitative estimate of drug-likeness (QED) is 0.0796. The zero-order valence-corrected chi connectivity index (χ0v) is 29.1. The lowest BCUT2D eigenvalue weighted by molar-refractivity contribution is -0.139. The maximum absolute atomic E-state index is 12.6. The Morgan fingerprint density at radius 2 is 1.83 bits per heavy atom. The van der Waals surface area contributed by atoms with Crippen LogP contribution in [0.3, 0.4) is 0 Å². The molecule has 0 saturated carbocycles. The van der Waals surface area contributed by atoms with E-state index in [2.05, 4.69) is 59.7 Å². The van der Waals surface area contributed by atoms with E-state index in [0.29, 0.717) is 27.0 Å². The molecule has 1 aliphatic rings. The number of nitrogens with one attached hydrogen (secondary N) is 3. The first-order valence-electron chi connectivity index (χ1n) is 14.0. The minimum atomic E-state index is -0.992. The zero-order chi connectivity index (χ0) is 34.1. The molecule has 4 N–H and O–H groups in total. The third kappa shape index (κ3) is 9.22.